The van der Waals surface area contributed by atoms with Crippen molar-refractivity contribution < 1.29 is 24.4 Å². The Morgan fingerprint density at radius 1 is 0.913 bits per heavy atom. The molecule has 0 aromatic heterocycles. The van der Waals surface area contributed by atoms with E-state index < -0.39 is 6.10 Å². The third kappa shape index (κ3) is 3.25. The van der Waals surface area contributed by atoms with Gasteiger partial charge in [-0.3, -0.25) is 0 Å². The van der Waals surface area contributed by atoms with Crippen molar-refractivity contribution >= 4 is 0 Å². The number of aliphatic hydroxyl groups is 2. The Labute approximate surface area is 136 Å². The molecule has 1 atom stereocenters. The van der Waals surface area contributed by atoms with Crippen LogP contribution in [0.5, 0.6) is 17.2 Å². The fourth-order valence-corrected chi connectivity index (χ4v) is 2.74. The summed E-state index contributed by atoms with van der Waals surface area (Å²) < 4.78 is 16.1. The molecule has 0 radical (unpaired) electrons. The summed E-state index contributed by atoms with van der Waals surface area (Å²) in [5.74, 6) is 1.52. The molecule has 124 valence electrons. The first kappa shape index (κ1) is 17.1. The Kier molecular flexibility index (Phi) is 5.47. The second-order valence-corrected chi connectivity index (χ2v) is 5.18. The lowest BCUT2D eigenvalue weighted by molar-refractivity contribution is 0.197. The van der Waals surface area contributed by atoms with Crippen LogP contribution in [0.25, 0.3) is 0 Å². The molecular weight excluding hydrogens is 296 g/mol. The van der Waals surface area contributed by atoms with E-state index in [1.807, 2.05) is 19.1 Å². The average Bonchev–Trinajstić information content (AvgIpc) is 2.59. The van der Waals surface area contributed by atoms with Crippen LogP contribution < -0.4 is 14.2 Å². The average molecular weight is 318 g/mol. The Morgan fingerprint density at radius 2 is 1.48 bits per heavy atom. The van der Waals surface area contributed by atoms with Gasteiger partial charge in [0.2, 0.25) is 0 Å². The van der Waals surface area contributed by atoms with E-state index in [1.165, 1.54) is 21.3 Å². The summed E-state index contributed by atoms with van der Waals surface area (Å²) in [5.41, 5.74) is 2.54. The van der Waals surface area contributed by atoms with Gasteiger partial charge in [-0.1, -0.05) is 12.1 Å². The van der Waals surface area contributed by atoms with Gasteiger partial charge in [0.15, 0.2) is 0 Å². The predicted octanol–water partition coefficient (Wildman–Crippen LogP) is 2.59. The van der Waals surface area contributed by atoms with Crippen LogP contribution in [0.1, 0.15) is 28.4 Å². The van der Waals surface area contributed by atoms with Gasteiger partial charge in [-0.15, -0.1) is 0 Å². The molecule has 2 rings (SSSR count). The van der Waals surface area contributed by atoms with Crippen LogP contribution in [0.4, 0.5) is 0 Å². The van der Waals surface area contributed by atoms with E-state index in [-0.39, 0.29) is 6.61 Å². The van der Waals surface area contributed by atoms with Crippen molar-refractivity contribution in [2.24, 2.45) is 0 Å². The molecule has 0 spiro atoms. The van der Waals surface area contributed by atoms with Crippen molar-refractivity contribution in [2.75, 3.05) is 21.3 Å². The number of ether oxygens (including phenoxy) is 3. The van der Waals surface area contributed by atoms with E-state index >= 15 is 0 Å². The molecule has 23 heavy (non-hydrogen) atoms. The van der Waals surface area contributed by atoms with Crippen molar-refractivity contribution in [2.45, 2.75) is 19.6 Å². The van der Waals surface area contributed by atoms with Gasteiger partial charge in [0.05, 0.1) is 33.5 Å². The lowest BCUT2D eigenvalue weighted by Crippen LogP contribution is -2.10. The first-order valence-corrected chi connectivity index (χ1v) is 7.24. The van der Waals surface area contributed by atoms with Crippen LogP contribution in [-0.2, 0) is 6.61 Å². The van der Waals surface area contributed by atoms with Crippen LogP contribution in [0.2, 0.25) is 0 Å². The maximum Gasteiger partial charge on any atom is 0.128 e. The molecule has 5 nitrogen and oxygen atoms in total. The van der Waals surface area contributed by atoms with Crippen molar-refractivity contribution in [1.82, 2.24) is 0 Å². The molecule has 0 fully saturated rings. The van der Waals surface area contributed by atoms with Crippen LogP contribution in [0, 0.1) is 6.92 Å². The number of aliphatic hydroxyl groups excluding tert-OH is 2. The van der Waals surface area contributed by atoms with Crippen LogP contribution in [0.15, 0.2) is 30.3 Å². The molecule has 0 heterocycles. The molecule has 0 aliphatic heterocycles. The van der Waals surface area contributed by atoms with Gasteiger partial charge in [0.1, 0.15) is 23.4 Å². The van der Waals surface area contributed by atoms with Gasteiger partial charge in [-0.05, 0) is 36.2 Å². The highest BCUT2D eigenvalue weighted by atomic mass is 16.5. The zero-order valence-electron chi connectivity index (χ0n) is 13.8. The first-order valence-electron chi connectivity index (χ1n) is 7.24. The Bertz CT molecular complexity index is 634. The van der Waals surface area contributed by atoms with Gasteiger partial charge in [-0.2, -0.15) is 0 Å². The summed E-state index contributed by atoms with van der Waals surface area (Å²) in [5, 5.41) is 20.7. The van der Waals surface area contributed by atoms with Crippen molar-refractivity contribution in [1.29, 1.82) is 0 Å². The molecule has 5 heteroatoms. The Hall–Kier alpha value is -2.24. The number of hydrogen-bond donors (Lipinski definition) is 2. The minimum atomic E-state index is -1.06. The zero-order valence-corrected chi connectivity index (χ0v) is 13.8. The monoisotopic (exact) mass is 318 g/mol. The fourth-order valence-electron chi connectivity index (χ4n) is 2.74. The van der Waals surface area contributed by atoms with Gasteiger partial charge in [0, 0.05) is 5.56 Å². The summed E-state index contributed by atoms with van der Waals surface area (Å²) >= 11 is 0. The van der Waals surface area contributed by atoms with E-state index in [1.54, 1.807) is 18.2 Å². The van der Waals surface area contributed by atoms with E-state index in [0.717, 1.165) is 5.56 Å². The van der Waals surface area contributed by atoms with Gasteiger partial charge in [0.25, 0.3) is 0 Å². The minimum absolute atomic E-state index is 0.206. The summed E-state index contributed by atoms with van der Waals surface area (Å²) in [4.78, 5) is 0. The highest BCUT2D eigenvalue weighted by Crippen LogP contribution is 2.41. The highest BCUT2D eigenvalue weighted by Gasteiger charge is 2.26. The SMILES string of the molecule is COc1cc(C)cc(CO)c1C(O)c1c(OC)cccc1OC. The molecule has 2 N–H and O–H groups in total. The lowest BCUT2D eigenvalue weighted by Gasteiger charge is -2.22. The molecule has 0 saturated heterocycles. The molecule has 2 aromatic rings. The zero-order chi connectivity index (χ0) is 17.0. The number of benzene rings is 2. The summed E-state index contributed by atoms with van der Waals surface area (Å²) in [7, 11) is 4.60. The number of rotatable bonds is 6. The van der Waals surface area contributed by atoms with E-state index in [4.69, 9.17) is 14.2 Å². The summed E-state index contributed by atoms with van der Waals surface area (Å²) in [6, 6.07) is 8.93. The molecule has 0 saturated carbocycles. The van der Waals surface area contributed by atoms with Gasteiger partial charge >= 0.3 is 0 Å². The predicted molar refractivity (Wildman–Crippen MR) is 87.3 cm³/mol. The molecule has 0 aliphatic rings. The minimum Gasteiger partial charge on any atom is -0.496 e. The van der Waals surface area contributed by atoms with Crippen LogP contribution >= 0.6 is 0 Å². The third-order valence-corrected chi connectivity index (χ3v) is 3.78. The van der Waals surface area contributed by atoms with Crippen molar-refractivity contribution in [3.8, 4) is 17.2 Å². The second-order valence-electron chi connectivity index (χ2n) is 5.18. The Balaban J connectivity index is 2.68. The molecular formula is C18H22O5. The standard InChI is InChI=1S/C18H22O5/c1-11-8-12(10-19)16(15(9-11)23-4)18(20)17-13(21-2)6-5-7-14(17)22-3/h5-9,18-20H,10H2,1-4H3. The molecule has 0 bridgehead atoms. The normalized spacial score (nSPS) is 11.9. The maximum atomic E-state index is 11.0. The number of aryl methyl sites for hydroxylation is 1. The Morgan fingerprint density at radius 3 is 1.96 bits per heavy atom. The number of hydrogen-bond acceptors (Lipinski definition) is 5. The summed E-state index contributed by atoms with van der Waals surface area (Å²) in [6.45, 7) is 1.70. The van der Waals surface area contributed by atoms with Crippen molar-refractivity contribution in [3.63, 3.8) is 0 Å². The maximum absolute atomic E-state index is 11.0. The van der Waals surface area contributed by atoms with E-state index in [2.05, 4.69) is 0 Å². The lowest BCUT2D eigenvalue weighted by atomic mass is 9.93. The first-order chi connectivity index (χ1) is 11.1. The van der Waals surface area contributed by atoms with Crippen LogP contribution in [-0.4, -0.2) is 31.5 Å². The molecule has 0 aliphatic carbocycles. The van der Waals surface area contributed by atoms with E-state index in [0.29, 0.717) is 33.9 Å². The molecule has 2 aromatic carbocycles. The fraction of sp³-hybridized carbons (Fsp3) is 0.333. The van der Waals surface area contributed by atoms with Gasteiger partial charge in [-0.25, -0.2) is 0 Å². The summed E-state index contributed by atoms with van der Waals surface area (Å²) in [6.07, 6.45) is -1.06. The largest absolute Gasteiger partial charge is 0.496 e. The molecule has 0 amide bonds. The van der Waals surface area contributed by atoms with Crippen molar-refractivity contribution in [3.05, 3.63) is 52.6 Å². The highest BCUT2D eigenvalue weighted by molar-refractivity contribution is 5.54. The van der Waals surface area contributed by atoms with Crippen LogP contribution in [0.3, 0.4) is 0 Å². The topological polar surface area (TPSA) is 68.2 Å². The molecule has 1 unspecified atom stereocenters. The van der Waals surface area contributed by atoms with Gasteiger partial charge < -0.3 is 24.4 Å². The number of methoxy groups -OCH3 is 3. The van der Waals surface area contributed by atoms with E-state index in [9.17, 15) is 10.2 Å². The smallest absolute Gasteiger partial charge is 0.128 e. The quantitative estimate of drug-likeness (QED) is 0.857. The third-order valence-electron chi connectivity index (χ3n) is 3.78. The second kappa shape index (κ2) is 7.35.